The van der Waals surface area contributed by atoms with Gasteiger partial charge in [-0.3, -0.25) is 19.2 Å². The third-order valence-corrected chi connectivity index (χ3v) is 6.14. The average Bonchev–Trinajstić information content (AvgIpc) is 2.82. The van der Waals surface area contributed by atoms with Crippen molar-refractivity contribution in [1.82, 2.24) is 20.1 Å². The van der Waals surface area contributed by atoms with Gasteiger partial charge in [-0.25, -0.2) is 0 Å². The Hall–Kier alpha value is -3.42. The van der Waals surface area contributed by atoms with Crippen molar-refractivity contribution in [3.63, 3.8) is 0 Å². The normalized spacial score (nSPS) is 14.1. The van der Waals surface area contributed by atoms with Crippen LogP contribution in [0.2, 0.25) is 0 Å². The van der Waals surface area contributed by atoms with Gasteiger partial charge in [0.05, 0.1) is 5.56 Å². The number of aromatic amines is 1. The van der Waals surface area contributed by atoms with Crippen LogP contribution in [-0.4, -0.2) is 59.2 Å². The Morgan fingerprint density at radius 1 is 1.15 bits per heavy atom. The van der Waals surface area contributed by atoms with E-state index in [1.54, 1.807) is 14.0 Å². The minimum Gasteiger partial charge on any atom is -0.352 e. The third kappa shape index (κ3) is 6.78. The Morgan fingerprint density at radius 3 is 2.52 bits per heavy atom. The van der Waals surface area contributed by atoms with Crippen LogP contribution in [0.4, 0.5) is 0 Å². The Kier molecular flexibility index (Phi) is 8.40. The number of nitrogens with one attached hydrogen (secondary N) is 2. The minimum absolute atomic E-state index is 0.0571. The van der Waals surface area contributed by atoms with Crippen LogP contribution in [0.5, 0.6) is 0 Å². The summed E-state index contributed by atoms with van der Waals surface area (Å²) in [6.07, 6.45) is 5.16. The standard InChI is InChI=1S/C25H32N4O4/c1-18(30)29-13-10-19(11-14-29)9-6-12-26-23(31)21-15-22(24(32)27-16-21)25(33)28(2)17-20-7-4-3-5-8-20/h3-5,7-8,15-16,19H,6,9-14,17H2,1-2H3,(H,26,31)(H,27,32). The molecule has 2 N–H and O–H groups in total. The molecule has 8 heteroatoms. The number of benzene rings is 1. The Bertz CT molecular complexity index is 1030. The van der Waals surface area contributed by atoms with Crippen molar-refractivity contribution < 1.29 is 14.4 Å². The van der Waals surface area contributed by atoms with Gasteiger partial charge in [-0.05, 0) is 43.2 Å². The zero-order chi connectivity index (χ0) is 23.8. The van der Waals surface area contributed by atoms with Gasteiger partial charge in [0, 0.05) is 46.3 Å². The number of carbonyl (C=O) groups excluding carboxylic acids is 3. The van der Waals surface area contributed by atoms with E-state index in [4.69, 9.17) is 0 Å². The monoisotopic (exact) mass is 452 g/mol. The van der Waals surface area contributed by atoms with Crippen LogP contribution >= 0.6 is 0 Å². The first-order valence-electron chi connectivity index (χ1n) is 11.4. The average molecular weight is 453 g/mol. The molecule has 1 aliphatic heterocycles. The highest BCUT2D eigenvalue weighted by atomic mass is 16.2. The van der Waals surface area contributed by atoms with E-state index in [0.29, 0.717) is 19.0 Å². The molecule has 0 spiro atoms. The molecule has 1 aromatic carbocycles. The van der Waals surface area contributed by atoms with Crippen LogP contribution in [0.1, 0.15) is 58.9 Å². The van der Waals surface area contributed by atoms with Gasteiger partial charge in [0.1, 0.15) is 5.56 Å². The molecule has 1 saturated heterocycles. The molecule has 176 valence electrons. The fourth-order valence-corrected chi connectivity index (χ4v) is 4.14. The zero-order valence-corrected chi connectivity index (χ0v) is 19.3. The maximum Gasteiger partial charge on any atom is 0.260 e. The number of rotatable bonds is 8. The van der Waals surface area contributed by atoms with Crippen LogP contribution in [0.15, 0.2) is 47.4 Å². The molecule has 0 saturated carbocycles. The van der Waals surface area contributed by atoms with E-state index in [9.17, 15) is 19.2 Å². The van der Waals surface area contributed by atoms with Crippen LogP contribution in [0.25, 0.3) is 0 Å². The van der Waals surface area contributed by atoms with E-state index in [1.165, 1.54) is 17.2 Å². The second kappa shape index (κ2) is 11.4. The molecule has 1 aliphatic rings. The maximum atomic E-state index is 12.8. The second-order valence-electron chi connectivity index (χ2n) is 8.63. The van der Waals surface area contributed by atoms with Crippen molar-refractivity contribution in [2.45, 2.75) is 39.2 Å². The highest BCUT2D eigenvalue weighted by molar-refractivity contribution is 5.99. The summed E-state index contributed by atoms with van der Waals surface area (Å²) in [6, 6.07) is 10.8. The van der Waals surface area contributed by atoms with Gasteiger partial charge in [0.15, 0.2) is 0 Å². The number of hydrogen-bond donors (Lipinski definition) is 2. The van der Waals surface area contributed by atoms with Crippen molar-refractivity contribution in [3.05, 3.63) is 69.6 Å². The van der Waals surface area contributed by atoms with E-state index in [2.05, 4.69) is 10.3 Å². The summed E-state index contributed by atoms with van der Waals surface area (Å²) >= 11 is 0. The summed E-state index contributed by atoms with van der Waals surface area (Å²) in [5, 5.41) is 2.87. The van der Waals surface area contributed by atoms with Gasteiger partial charge in [-0.1, -0.05) is 30.3 Å². The summed E-state index contributed by atoms with van der Waals surface area (Å²) in [5.41, 5.74) is 0.623. The van der Waals surface area contributed by atoms with Crippen LogP contribution in [0.3, 0.4) is 0 Å². The molecule has 0 unspecified atom stereocenters. The number of H-pyrrole nitrogens is 1. The number of nitrogens with zero attached hydrogens (tertiary/aromatic N) is 2. The number of aromatic nitrogens is 1. The van der Waals surface area contributed by atoms with Gasteiger partial charge in [-0.15, -0.1) is 0 Å². The summed E-state index contributed by atoms with van der Waals surface area (Å²) in [7, 11) is 1.63. The minimum atomic E-state index is -0.520. The predicted molar refractivity (Wildman–Crippen MR) is 126 cm³/mol. The fourth-order valence-electron chi connectivity index (χ4n) is 4.14. The third-order valence-electron chi connectivity index (χ3n) is 6.14. The van der Waals surface area contributed by atoms with E-state index in [0.717, 1.165) is 44.3 Å². The van der Waals surface area contributed by atoms with E-state index in [1.807, 2.05) is 35.2 Å². The summed E-state index contributed by atoms with van der Waals surface area (Å²) < 4.78 is 0. The molecule has 1 fully saturated rings. The van der Waals surface area contributed by atoms with E-state index >= 15 is 0 Å². The number of carbonyl (C=O) groups is 3. The molecule has 0 atom stereocenters. The topological polar surface area (TPSA) is 103 Å². The van der Waals surface area contributed by atoms with Gasteiger partial charge >= 0.3 is 0 Å². The Morgan fingerprint density at radius 2 is 1.85 bits per heavy atom. The summed E-state index contributed by atoms with van der Waals surface area (Å²) in [5.74, 6) is -0.0650. The van der Waals surface area contributed by atoms with Crippen molar-refractivity contribution in [1.29, 1.82) is 0 Å². The molecule has 3 rings (SSSR count). The van der Waals surface area contributed by atoms with Gasteiger partial charge in [-0.2, -0.15) is 0 Å². The predicted octanol–water partition coefficient (Wildman–Crippen LogP) is 2.42. The molecule has 0 aliphatic carbocycles. The number of likely N-dealkylation sites (tertiary alicyclic amines) is 1. The van der Waals surface area contributed by atoms with Crippen LogP contribution in [-0.2, 0) is 11.3 Å². The second-order valence-corrected chi connectivity index (χ2v) is 8.63. The van der Waals surface area contributed by atoms with E-state index in [-0.39, 0.29) is 22.9 Å². The lowest BCUT2D eigenvalue weighted by Gasteiger charge is -2.31. The van der Waals surface area contributed by atoms with Crippen molar-refractivity contribution in [2.75, 3.05) is 26.7 Å². The molecule has 2 heterocycles. The highest BCUT2D eigenvalue weighted by Gasteiger charge is 2.21. The molecular weight excluding hydrogens is 420 g/mol. The first-order chi connectivity index (χ1) is 15.8. The fraction of sp³-hybridized carbons (Fsp3) is 0.440. The van der Waals surface area contributed by atoms with Gasteiger partial charge in [0.25, 0.3) is 17.4 Å². The quantitative estimate of drug-likeness (QED) is 0.601. The molecule has 8 nitrogen and oxygen atoms in total. The van der Waals surface area contributed by atoms with Crippen molar-refractivity contribution in [3.8, 4) is 0 Å². The van der Waals surface area contributed by atoms with Crippen molar-refractivity contribution >= 4 is 17.7 Å². The number of amides is 3. The molecule has 33 heavy (non-hydrogen) atoms. The molecule has 3 amide bonds. The lowest BCUT2D eigenvalue weighted by Crippen LogP contribution is -2.37. The number of hydrogen-bond acceptors (Lipinski definition) is 4. The van der Waals surface area contributed by atoms with Crippen LogP contribution < -0.4 is 10.9 Å². The van der Waals surface area contributed by atoms with E-state index < -0.39 is 11.5 Å². The van der Waals surface area contributed by atoms with Crippen molar-refractivity contribution in [2.24, 2.45) is 5.92 Å². The molecular formula is C25H32N4O4. The molecule has 1 aromatic heterocycles. The zero-order valence-electron chi connectivity index (χ0n) is 19.3. The number of piperidine rings is 1. The van der Waals surface area contributed by atoms with Crippen LogP contribution in [0, 0.1) is 5.92 Å². The summed E-state index contributed by atoms with van der Waals surface area (Å²) in [6.45, 7) is 4.09. The lowest BCUT2D eigenvalue weighted by molar-refractivity contribution is -0.130. The molecule has 2 aromatic rings. The first kappa shape index (κ1) is 24.2. The lowest BCUT2D eigenvalue weighted by atomic mass is 9.92. The Balaban J connectivity index is 1.50. The van der Waals surface area contributed by atoms with Gasteiger partial charge < -0.3 is 20.1 Å². The SMILES string of the molecule is CC(=O)N1CCC(CCCNC(=O)c2c[nH]c(=O)c(C(=O)N(C)Cc3ccccc3)c2)CC1. The molecule has 0 bridgehead atoms. The van der Waals surface area contributed by atoms with Gasteiger partial charge in [0.2, 0.25) is 5.91 Å². The number of pyridine rings is 1. The summed E-state index contributed by atoms with van der Waals surface area (Å²) in [4.78, 5) is 54.8. The first-order valence-corrected chi connectivity index (χ1v) is 11.4. The highest BCUT2D eigenvalue weighted by Crippen LogP contribution is 2.21. The maximum absolute atomic E-state index is 12.8. The largest absolute Gasteiger partial charge is 0.352 e. The smallest absolute Gasteiger partial charge is 0.260 e. The Labute approximate surface area is 194 Å². The molecule has 0 radical (unpaired) electrons.